The molecule has 8 nitrogen and oxygen atoms in total. The normalized spacial score (nSPS) is 14.9. The zero-order valence-corrected chi connectivity index (χ0v) is 19.4. The molecule has 2 aromatic heterocycles. The van der Waals surface area contributed by atoms with Crippen molar-refractivity contribution < 1.29 is 23.2 Å². The van der Waals surface area contributed by atoms with Gasteiger partial charge in [-0.3, -0.25) is 14.4 Å². The van der Waals surface area contributed by atoms with Crippen molar-refractivity contribution in [3.05, 3.63) is 65.8 Å². The third-order valence-corrected chi connectivity index (χ3v) is 6.30. The van der Waals surface area contributed by atoms with Crippen molar-refractivity contribution in [2.45, 2.75) is 45.1 Å². The zero-order valence-electron chi connectivity index (χ0n) is 19.4. The summed E-state index contributed by atoms with van der Waals surface area (Å²) in [5.74, 6) is 0.494. The molecule has 1 aromatic carbocycles. The van der Waals surface area contributed by atoms with E-state index in [2.05, 4.69) is 16.0 Å². The Morgan fingerprint density at radius 3 is 2.32 bits per heavy atom. The van der Waals surface area contributed by atoms with Crippen LogP contribution in [0.1, 0.15) is 58.8 Å². The summed E-state index contributed by atoms with van der Waals surface area (Å²) < 4.78 is 11.0. The van der Waals surface area contributed by atoms with Gasteiger partial charge in [-0.2, -0.15) is 0 Å². The highest BCUT2D eigenvalue weighted by Gasteiger charge is 2.31. The van der Waals surface area contributed by atoms with Crippen LogP contribution in [0.15, 0.2) is 57.6 Å². The maximum atomic E-state index is 12.8. The summed E-state index contributed by atoms with van der Waals surface area (Å²) in [6, 6.07) is 11.5. The highest BCUT2D eigenvalue weighted by molar-refractivity contribution is 6.05. The number of aryl methyl sites for hydroxylation is 1. The summed E-state index contributed by atoms with van der Waals surface area (Å²) in [6.07, 6.45) is 6.62. The molecule has 0 unspecified atom stereocenters. The first-order valence-electron chi connectivity index (χ1n) is 11.5. The van der Waals surface area contributed by atoms with Crippen LogP contribution < -0.4 is 16.0 Å². The average Bonchev–Trinajstić information content (AvgIpc) is 3.52. The van der Waals surface area contributed by atoms with E-state index in [4.69, 9.17) is 8.83 Å². The number of carbonyl (C=O) groups is 3. The number of furan rings is 2. The van der Waals surface area contributed by atoms with Crippen molar-refractivity contribution in [2.24, 2.45) is 5.92 Å². The van der Waals surface area contributed by atoms with Gasteiger partial charge in [0.05, 0.1) is 11.8 Å². The van der Waals surface area contributed by atoms with Gasteiger partial charge in [-0.25, -0.2) is 0 Å². The lowest BCUT2D eigenvalue weighted by molar-refractivity contribution is -0.124. The van der Waals surface area contributed by atoms with Crippen LogP contribution in [-0.2, 0) is 4.79 Å². The van der Waals surface area contributed by atoms with E-state index < -0.39 is 11.9 Å². The standard InChI is InChI=1S/C26H29N3O5/c1-16-20(14-15-33-16)24(30)28-19-10-8-17(9-11-19)21-12-13-22(34-21)25(31)29-23(26(32)27-2)18-6-4-3-5-7-18/h8-15,18,23H,3-7H2,1-2H3,(H,27,32)(H,28,30)(H,29,31)/t23-/m0/s1. The summed E-state index contributed by atoms with van der Waals surface area (Å²) in [5, 5.41) is 8.35. The molecule has 34 heavy (non-hydrogen) atoms. The van der Waals surface area contributed by atoms with Crippen molar-refractivity contribution in [3.63, 3.8) is 0 Å². The lowest BCUT2D eigenvalue weighted by Crippen LogP contribution is -2.50. The van der Waals surface area contributed by atoms with Crippen LogP contribution in [-0.4, -0.2) is 30.8 Å². The predicted molar refractivity (Wildman–Crippen MR) is 127 cm³/mol. The van der Waals surface area contributed by atoms with Crippen LogP contribution in [0.4, 0.5) is 5.69 Å². The van der Waals surface area contributed by atoms with E-state index in [-0.39, 0.29) is 23.5 Å². The molecule has 1 fully saturated rings. The fourth-order valence-electron chi connectivity index (χ4n) is 4.38. The Morgan fingerprint density at radius 2 is 1.68 bits per heavy atom. The number of amides is 3. The van der Waals surface area contributed by atoms with E-state index in [1.54, 1.807) is 56.4 Å². The van der Waals surface area contributed by atoms with Gasteiger partial charge in [0.15, 0.2) is 5.76 Å². The Labute approximate surface area is 198 Å². The molecule has 1 aliphatic carbocycles. The van der Waals surface area contributed by atoms with Crippen molar-refractivity contribution in [1.82, 2.24) is 10.6 Å². The first kappa shape index (κ1) is 23.4. The number of rotatable bonds is 7. The van der Waals surface area contributed by atoms with Crippen molar-refractivity contribution in [1.29, 1.82) is 0 Å². The number of benzene rings is 1. The van der Waals surface area contributed by atoms with Gasteiger partial charge in [-0.1, -0.05) is 19.3 Å². The number of hydrogen-bond donors (Lipinski definition) is 3. The van der Waals surface area contributed by atoms with Crippen LogP contribution >= 0.6 is 0 Å². The minimum absolute atomic E-state index is 0.126. The van der Waals surface area contributed by atoms with E-state index in [1.807, 2.05) is 0 Å². The molecule has 0 bridgehead atoms. The summed E-state index contributed by atoms with van der Waals surface area (Å²) in [5.41, 5.74) is 1.86. The Bertz CT molecular complexity index is 1160. The van der Waals surface area contributed by atoms with Gasteiger partial charge < -0.3 is 24.8 Å². The van der Waals surface area contributed by atoms with Gasteiger partial charge in [0, 0.05) is 18.3 Å². The molecule has 3 N–H and O–H groups in total. The zero-order chi connectivity index (χ0) is 24.1. The first-order chi connectivity index (χ1) is 16.5. The molecular weight excluding hydrogens is 434 g/mol. The molecule has 2 heterocycles. The topological polar surface area (TPSA) is 114 Å². The maximum Gasteiger partial charge on any atom is 0.287 e. The van der Waals surface area contributed by atoms with E-state index in [0.717, 1.165) is 37.7 Å². The molecule has 0 saturated heterocycles. The van der Waals surface area contributed by atoms with Crippen molar-refractivity contribution in [2.75, 3.05) is 12.4 Å². The monoisotopic (exact) mass is 463 g/mol. The van der Waals surface area contributed by atoms with Gasteiger partial charge >= 0.3 is 0 Å². The van der Waals surface area contributed by atoms with E-state index >= 15 is 0 Å². The van der Waals surface area contributed by atoms with E-state index in [1.165, 1.54) is 6.26 Å². The Kier molecular flexibility index (Phi) is 7.15. The minimum Gasteiger partial charge on any atom is -0.469 e. The summed E-state index contributed by atoms with van der Waals surface area (Å²) in [6.45, 7) is 1.73. The van der Waals surface area contributed by atoms with Gasteiger partial charge in [0.1, 0.15) is 17.6 Å². The maximum absolute atomic E-state index is 12.8. The summed E-state index contributed by atoms with van der Waals surface area (Å²) in [7, 11) is 1.58. The number of carbonyl (C=O) groups excluding carboxylic acids is 3. The fourth-order valence-corrected chi connectivity index (χ4v) is 4.38. The Hall–Kier alpha value is -3.81. The number of likely N-dealkylation sites (N-methyl/N-ethyl adjacent to an activating group) is 1. The molecule has 178 valence electrons. The molecule has 0 radical (unpaired) electrons. The molecule has 1 aliphatic rings. The number of hydrogen-bond acceptors (Lipinski definition) is 5. The minimum atomic E-state index is -0.576. The van der Waals surface area contributed by atoms with Gasteiger partial charge in [0.25, 0.3) is 11.8 Å². The lowest BCUT2D eigenvalue weighted by Gasteiger charge is -2.29. The molecule has 3 amide bonds. The fraction of sp³-hybridized carbons (Fsp3) is 0.346. The molecular formula is C26H29N3O5. The summed E-state index contributed by atoms with van der Waals surface area (Å²) >= 11 is 0. The van der Waals surface area contributed by atoms with Crippen molar-refractivity contribution in [3.8, 4) is 11.3 Å². The first-order valence-corrected chi connectivity index (χ1v) is 11.5. The molecule has 0 spiro atoms. The van der Waals surface area contributed by atoms with E-state index in [9.17, 15) is 14.4 Å². The molecule has 1 saturated carbocycles. The van der Waals surface area contributed by atoms with Gasteiger partial charge in [-0.05, 0) is 68.1 Å². The van der Waals surface area contributed by atoms with Crippen LogP contribution in [0.25, 0.3) is 11.3 Å². The average molecular weight is 464 g/mol. The Balaban J connectivity index is 1.41. The number of anilines is 1. The molecule has 4 rings (SSSR count). The second-order valence-corrected chi connectivity index (χ2v) is 8.55. The number of nitrogens with one attached hydrogen (secondary N) is 3. The summed E-state index contributed by atoms with van der Waals surface area (Å²) in [4.78, 5) is 37.6. The van der Waals surface area contributed by atoms with Crippen LogP contribution in [0, 0.1) is 12.8 Å². The third-order valence-electron chi connectivity index (χ3n) is 6.30. The van der Waals surface area contributed by atoms with Crippen LogP contribution in [0.2, 0.25) is 0 Å². The van der Waals surface area contributed by atoms with Gasteiger partial charge in [-0.15, -0.1) is 0 Å². The molecule has 1 atom stereocenters. The second-order valence-electron chi connectivity index (χ2n) is 8.55. The van der Waals surface area contributed by atoms with E-state index in [0.29, 0.717) is 22.8 Å². The van der Waals surface area contributed by atoms with Crippen LogP contribution in [0.5, 0.6) is 0 Å². The second kappa shape index (κ2) is 10.4. The lowest BCUT2D eigenvalue weighted by atomic mass is 9.83. The predicted octanol–water partition coefficient (Wildman–Crippen LogP) is 4.53. The van der Waals surface area contributed by atoms with Crippen molar-refractivity contribution >= 4 is 23.4 Å². The highest BCUT2D eigenvalue weighted by atomic mass is 16.4. The quantitative estimate of drug-likeness (QED) is 0.477. The Morgan fingerprint density at radius 1 is 0.941 bits per heavy atom. The SMILES string of the molecule is CNC(=O)[C@@H](NC(=O)c1ccc(-c2ccc(NC(=O)c3ccoc3C)cc2)o1)C1CCCCC1. The third kappa shape index (κ3) is 5.22. The molecule has 3 aromatic rings. The van der Waals surface area contributed by atoms with Crippen LogP contribution in [0.3, 0.4) is 0 Å². The van der Waals surface area contributed by atoms with Gasteiger partial charge in [0.2, 0.25) is 5.91 Å². The molecule has 8 heteroatoms. The molecule has 0 aliphatic heterocycles. The highest BCUT2D eigenvalue weighted by Crippen LogP contribution is 2.28. The largest absolute Gasteiger partial charge is 0.469 e. The smallest absolute Gasteiger partial charge is 0.287 e.